The third-order valence-corrected chi connectivity index (χ3v) is 5.16. The summed E-state index contributed by atoms with van der Waals surface area (Å²) >= 11 is 0. The second kappa shape index (κ2) is 8.47. The Morgan fingerprint density at radius 2 is 1.72 bits per heavy atom. The summed E-state index contributed by atoms with van der Waals surface area (Å²) in [7, 11) is 0. The average Bonchev–Trinajstić information content (AvgIpc) is 3.42. The molecule has 5 aromatic rings. The van der Waals surface area contributed by atoms with Crippen LogP contribution in [0.2, 0.25) is 0 Å². The molecule has 5 rings (SSSR count). The lowest BCUT2D eigenvalue weighted by molar-refractivity contribution is -0.120. The van der Waals surface area contributed by atoms with Crippen molar-refractivity contribution in [2.45, 2.75) is 13.0 Å². The van der Waals surface area contributed by atoms with Gasteiger partial charge in [-0.25, -0.2) is 14.1 Å². The third kappa shape index (κ3) is 4.13. The highest BCUT2D eigenvalue weighted by molar-refractivity contribution is 5.78. The van der Waals surface area contributed by atoms with Gasteiger partial charge < -0.3 is 9.72 Å². The molecule has 0 bridgehead atoms. The van der Waals surface area contributed by atoms with Gasteiger partial charge in [0.1, 0.15) is 11.5 Å². The fourth-order valence-electron chi connectivity index (χ4n) is 3.60. The van der Waals surface area contributed by atoms with Crippen LogP contribution in [-0.2, 0) is 17.8 Å². The SMILES string of the molecule is O=C(Cc1cn2ccccc2n1)NCc1cn(-c2ccccc2)nc1-c1ccc(F)cc1. The van der Waals surface area contributed by atoms with Crippen LogP contribution in [0.25, 0.3) is 22.6 Å². The number of rotatable bonds is 6. The van der Waals surface area contributed by atoms with Crippen LogP contribution in [0.5, 0.6) is 0 Å². The van der Waals surface area contributed by atoms with Crippen LogP contribution in [0.1, 0.15) is 11.3 Å². The molecule has 0 saturated heterocycles. The van der Waals surface area contributed by atoms with Crippen LogP contribution >= 0.6 is 0 Å². The molecule has 32 heavy (non-hydrogen) atoms. The van der Waals surface area contributed by atoms with Crippen LogP contribution in [0.3, 0.4) is 0 Å². The van der Waals surface area contributed by atoms with Gasteiger partial charge in [0.25, 0.3) is 0 Å². The molecule has 1 amide bonds. The van der Waals surface area contributed by atoms with E-state index in [9.17, 15) is 9.18 Å². The van der Waals surface area contributed by atoms with Gasteiger partial charge in [-0.15, -0.1) is 0 Å². The van der Waals surface area contributed by atoms with Gasteiger partial charge in [-0.3, -0.25) is 4.79 Å². The molecule has 158 valence electrons. The molecule has 3 heterocycles. The number of hydrogen-bond acceptors (Lipinski definition) is 3. The van der Waals surface area contributed by atoms with E-state index >= 15 is 0 Å². The first-order chi connectivity index (χ1) is 15.7. The zero-order chi connectivity index (χ0) is 21.9. The Labute approximate surface area is 184 Å². The normalized spacial score (nSPS) is 11.0. The smallest absolute Gasteiger partial charge is 0.226 e. The van der Waals surface area contributed by atoms with E-state index in [1.165, 1.54) is 12.1 Å². The first-order valence-electron chi connectivity index (χ1n) is 10.2. The Morgan fingerprint density at radius 3 is 2.50 bits per heavy atom. The molecule has 6 nitrogen and oxygen atoms in total. The van der Waals surface area contributed by atoms with E-state index in [2.05, 4.69) is 10.3 Å². The maximum atomic E-state index is 13.4. The standard InChI is InChI=1S/C25H20FN5O/c26-20-11-9-18(10-12-20)25-19(16-31(29-25)22-6-2-1-3-7-22)15-27-24(32)14-21-17-30-13-5-4-8-23(30)28-21/h1-13,16-17H,14-15H2,(H,27,32). The maximum absolute atomic E-state index is 13.4. The lowest BCUT2D eigenvalue weighted by atomic mass is 10.1. The summed E-state index contributed by atoms with van der Waals surface area (Å²) in [6.07, 6.45) is 5.82. The van der Waals surface area contributed by atoms with Gasteiger partial charge in [-0.1, -0.05) is 24.3 Å². The van der Waals surface area contributed by atoms with Crippen molar-refractivity contribution in [1.82, 2.24) is 24.5 Å². The minimum atomic E-state index is -0.307. The van der Waals surface area contributed by atoms with Gasteiger partial charge >= 0.3 is 0 Å². The molecule has 0 unspecified atom stereocenters. The number of imidazole rings is 1. The lowest BCUT2D eigenvalue weighted by Gasteiger charge is -2.05. The summed E-state index contributed by atoms with van der Waals surface area (Å²) in [4.78, 5) is 17.1. The Balaban J connectivity index is 1.37. The van der Waals surface area contributed by atoms with Crippen LogP contribution in [0, 0.1) is 5.82 Å². The van der Waals surface area contributed by atoms with E-state index in [-0.39, 0.29) is 18.1 Å². The summed E-state index contributed by atoms with van der Waals surface area (Å²) < 4.78 is 17.1. The fraction of sp³-hybridized carbons (Fsp3) is 0.0800. The minimum Gasteiger partial charge on any atom is -0.352 e. The second-order valence-electron chi connectivity index (χ2n) is 7.44. The molecule has 0 atom stereocenters. The molecule has 1 N–H and O–H groups in total. The molecular formula is C25H20FN5O. The first-order valence-corrected chi connectivity index (χ1v) is 10.2. The van der Waals surface area contributed by atoms with Gasteiger partial charge in [0.2, 0.25) is 5.91 Å². The zero-order valence-corrected chi connectivity index (χ0v) is 17.1. The van der Waals surface area contributed by atoms with Gasteiger partial charge in [0.15, 0.2) is 0 Å². The third-order valence-electron chi connectivity index (χ3n) is 5.16. The number of nitrogens with one attached hydrogen (secondary N) is 1. The van der Waals surface area contributed by atoms with Crippen molar-refractivity contribution in [2.75, 3.05) is 0 Å². The largest absolute Gasteiger partial charge is 0.352 e. The molecule has 0 radical (unpaired) electrons. The molecule has 2 aromatic carbocycles. The molecular weight excluding hydrogens is 405 g/mol. The molecule has 0 aliphatic heterocycles. The van der Waals surface area contributed by atoms with Gasteiger partial charge in [-0.2, -0.15) is 5.10 Å². The summed E-state index contributed by atoms with van der Waals surface area (Å²) in [5.74, 6) is -0.440. The summed E-state index contributed by atoms with van der Waals surface area (Å²) in [6, 6.07) is 21.6. The number of carbonyl (C=O) groups excluding carboxylic acids is 1. The maximum Gasteiger partial charge on any atom is 0.226 e. The molecule has 0 saturated carbocycles. The number of aromatic nitrogens is 4. The predicted molar refractivity (Wildman–Crippen MR) is 120 cm³/mol. The second-order valence-corrected chi connectivity index (χ2v) is 7.44. The van der Waals surface area contributed by atoms with E-state index in [4.69, 9.17) is 5.10 Å². The Kier molecular flexibility index (Phi) is 5.21. The zero-order valence-electron chi connectivity index (χ0n) is 17.1. The van der Waals surface area contributed by atoms with E-state index in [0.29, 0.717) is 17.9 Å². The number of para-hydroxylation sites is 1. The minimum absolute atomic E-state index is 0.133. The number of pyridine rings is 1. The Bertz CT molecular complexity index is 1340. The lowest BCUT2D eigenvalue weighted by Crippen LogP contribution is -2.24. The van der Waals surface area contributed by atoms with E-state index in [1.54, 1.807) is 16.8 Å². The number of hydrogen-bond donors (Lipinski definition) is 1. The van der Waals surface area contributed by atoms with E-state index < -0.39 is 0 Å². The van der Waals surface area contributed by atoms with Crippen molar-refractivity contribution in [2.24, 2.45) is 0 Å². The van der Waals surface area contributed by atoms with Crippen LogP contribution in [0.4, 0.5) is 4.39 Å². The number of halogens is 1. The topological polar surface area (TPSA) is 64.2 Å². The van der Waals surface area contributed by atoms with E-state index in [1.807, 2.05) is 71.5 Å². The van der Waals surface area contributed by atoms with Crippen molar-refractivity contribution in [3.8, 4) is 16.9 Å². The number of fused-ring (bicyclic) bond motifs is 1. The number of benzene rings is 2. The van der Waals surface area contributed by atoms with Gasteiger partial charge in [0.05, 0.1) is 23.5 Å². The van der Waals surface area contributed by atoms with Crippen LogP contribution < -0.4 is 5.32 Å². The van der Waals surface area contributed by atoms with Crippen molar-refractivity contribution in [1.29, 1.82) is 0 Å². The Hall–Kier alpha value is -4.26. The molecule has 0 aliphatic rings. The van der Waals surface area contributed by atoms with Crippen molar-refractivity contribution < 1.29 is 9.18 Å². The summed E-state index contributed by atoms with van der Waals surface area (Å²) in [5, 5.41) is 7.66. The van der Waals surface area contributed by atoms with Crippen molar-refractivity contribution in [3.63, 3.8) is 0 Å². The predicted octanol–water partition coefficient (Wildman–Crippen LogP) is 4.19. The fourth-order valence-corrected chi connectivity index (χ4v) is 3.60. The highest BCUT2D eigenvalue weighted by atomic mass is 19.1. The molecule has 0 aliphatic carbocycles. The summed E-state index contributed by atoms with van der Waals surface area (Å²) in [6.45, 7) is 0.297. The first kappa shape index (κ1) is 19.7. The monoisotopic (exact) mass is 425 g/mol. The molecule has 7 heteroatoms. The summed E-state index contributed by atoms with van der Waals surface area (Å²) in [5.41, 5.74) is 4.72. The average molecular weight is 425 g/mol. The Morgan fingerprint density at radius 1 is 0.938 bits per heavy atom. The van der Waals surface area contributed by atoms with Gasteiger partial charge in [0, 0.05) is 36.3 Å². The molecule has 0 spiro atoms. The number of amides is 1. The quantitative estimate of drug-likeness (QED) is 0.444. The van der Waals surface area contributed by atoms with E-state index in [0.717, 1.165) is 22.5 Å². The molecule has 3 aromatic heterocycles. The van der Waals surface area contributed by atoms with Crippen LogP contribution in [-0.4, -0.2) is 25.1 Å². The van der Waals surface area contributed by atoms with Gasteiger partial charge in [-0.05, 0) is 48.5 Å². The number of nitrogens with zero attached hydrogens (tertiary/aromatic N) is 4. The van der Waals surface area contributed by atoms with Crippen LogP contribution in [0.15, 0.2) is 91.4 Å². The highest BCUT2D eigenvalue weighted by Gasteiger charge is 2.14. The number of carbonyl (C=O) groups is 1. The highest BCUT2D eigenvalue weighted by Crippen LogP contribution is 2.24. The van der Waals surface area contributed by atoms with Crippen molar-refractivity contribution in [3.05, 3.63) is 108 Å². The molecule has 0 fully saturated rings. The van der Waals surface area contributed by atoms with Crippen molar-refractivity contribution >= 4 is 11.6 Å².